The Balaban J connectivity index is 2.14. The van der Waals surface area contributed by atoms with Crippen molar-refractivity contribution in [3.8, 4) is 0 Å². The smallest absolute Gasteiger partial charge is 0.262 e. The number of aromatic amines is 1. The molecule has 0 spiro atoms. The van der Waals surface area contributed by atoms with E-state index in [1.165, 1.54) is 6.26 Å². The van der Waals surface area contributed by atoms with E-state index in [1.54, 1.807) is 18.5 Å². The van der Waals surface area contributed by atoms with Gasteiger partial charge >= 0.3 is 0 Å². The van der Waals surface area contributed by atoms with Crippen LogP contribution in [-0.4, -0.2) is 15.9 Å². The molecule has 2 aromatic rings. The van der Waals surface area contributed by atoms with Gasteiger partial charge in [-0.15, -0.1) is 0 Å². The van der Waals surface area contributed by atoms with E-state index in [1.807, 2.05) is 0 Å². The van der Waals surface area contributed by atoms with Crippen LogP contribution in [0.2, 0.25) is 0 Å². The number of nitrogens with one attached hydrogen (secondary N) is 2. The van der Waals surface area contributed by atoms with E-state index >= 15 is 0 Å². The monoisotopic (exact) mass is 255 g/mol. The quantitative estimate of drug-likeness (QED) is 0.863. The lowest BCUT2D eigenvalue weighted by molar-refractivity contribution is 0.102. The third-order valence-corrected chi connectivity index (χ3v) is 2.21. The number of halogens is 1. The number of hydrogen-bond donors (Lipinski definition) is 2. The molecule has 0 radical (unpaired) electrons. The first-order valence-corrected chi connectivity index (χ1v) is 4.60. The van der Waals surface area contributed by atoms with Gasteiger partial charge in [0.2, 0.25) is 5.95 Å². The molecule has 2 aromatic heterocycles. The molecule has 2 rings (SSSR count). The van der Waals surface area contributed by atoms with E-state index in [-0.39, 0.29) is 5.91 Å². The maximum absolute atomic E-state index is 11.5. The van der Waals surface area contributed by atoms with Crippen molar-refractivity contribution in [1.29, 1.82) is 0 Å². The summed E-state index contributed by atoms with van der Waals surface area (Å²) in [6, 6.07) is 1.57. The Morgan fingerprint density at radius 2 is 2.50 bits per heavy atom. The molecule has 72 valence electrons. The fourth-order valence-corrected chi connectivity index (χ4v) is 1.38. The number of anilines is 1. The molecule has 0 aliphatic carbocycles. The Morgan fingerprint density at radius 1 is 1.64 bits per heavy atom. The molecule has 0 saturated heterocycles. The standard InChI is InChI=1S/C8H6BrN3O2/c9-6-5(1-4-14-6)7(13)12-8-10-2-3-11-8/h1-4H,(H2,10,11,12,13). The molecule has 0 aliphatic rings. The average molecular weight is 256 g/mol. The molecule has 0 fully saturated rings. The van der Waals surface area contributed by atoms with E-state index < -0.39 is 0 Å². The lowest BCUT2D eigenvalue weighted by Gasteiger charge is -1.98. The molecular formula is C8H6BrN3O2. The Bertz CT molecular complexity index is 435. The molecule has 2 N–H and O–H groups in total. The van der Waals surface area contributed by atoms with Crippen LogP contribution in [0.3, 0.4) is 0 Å². The van der Waals surface area contributed by atoms with Crippen molar-refractivity contribution in [1.82, 2.24) is 9.97 Å². The minimum atomic E-state index is -0.277. The Kier molecular flexibility index (Phi) is 2.36. The highest BCUT2D eigenvalue weighted by Crippen LogP contribution is 2.18. The number of imidazole rings is 1. The van der Waals surface area contributed by atoms with E-state index in [9.17, 15) is 4.79 Å². The largest absolute Gasteiger partial charge is 0.457 e. The van der Waals surface area contributed by atoms with Crippen LogP contribution in [0, 0.1) is 0 Å². The number of furan rings is 1. The third-order valence-electron chi connectivity index (χ3n) is 1.59. The summed E-state index contributed by atoms with van der Waals surface area (Å²) >= 11 is 3.11. The van der Waals surface area contributed by atoms with E-state index in [4.69, 9.17) is 4.42 Å². The minimum Gasteiger partial charge on any atom is -0.457 e. The maximum atomic E-state index is 11.5. The molecule has 0 unspecified atom stereocenters. The maximum Gasteiger partial charge on any atom is 0.262 e. The van der Waals surface area contributed by atoms with E-state index in [2.05, 4.69) is 31.2 Å². The number of H-pyrrole nitrogens is 1. The molecule has 0 atom stereocenters. The van der Waals surface area contributed by atoms with Gasteiger partial charge in [0.25, 0.3) is 5.91 Å². The number of aromatic nitrogens is 2. The Morgan fingerprint density at radius 3 is 3.07 bits per heavy atom. The molecule has 0 bridgehead atoms. The second-order valence-electron chi connectivity index (χ2n) is 2.50. The van der Waals surface area contributed by atoms with Gasteiger partial charge in [0.15, 0.2) is 4.67 Å². The molecule has 0 saturated carbocycles. The van der Waals surface area contributed by atoms with Crippen LogP contribution in [0.5, 0.6) is 0 Å². The van der Waals surface area contributed by atoms with Gasteiger partial charge in [0.1, 0.15) is 0 Å². The fraction of sp³-hybridized carbons (Fsp3) is 0. The Labute approximate surface area is 87.7 Å². The van der Waals surface area contributed by atoms with Crippen molar-refractivity contribution in [2.75, 3.05) is 5.32 Å². The van der Waals surface area contributed by atoms with Gasteiger partial charge in [-0.2, -0.15) is 0 Å². The van der Waals surface area contributed by atoms with Crippen LogP contribution in [0.25, 0.3) is 0 Å². The number of carbonyl (C=O) groups is 1. The number of rotatable bonds is 2. The van der Waals surface area contributed by atoms with E-state index in [0.717, 1.165) is 0 Å². The topological polar surface area (TPSA) is 70.9 Å². The molecular weight excluding hydrogens is 250 g/mol. The summed E-state index contributed by atoms with van der Waals surface area (Å²) in [5, 5.41) is 2.57. The van der Waals surface area contributed by atoms with Gasteiger partial charge in [0, 0.05) is 12.4 Å². The second-order valence-corrected chi connectivity index (χ2v) is 3.22. The second kappa shape index (κ2) is 3.67. The summed E-state index contributed by atoms with van der Waals surface area (Å²) in [5.74, 6) is 0.128. The van der Waals surface area contributed by atoms with Crippen LogP contribution < -0.4 is 5.32 Å². The molecule has 0 aromatic carbocycles. The van der Waals surface area contributed by atoms with Crippen LogP contribution in [0.15, 0.2) is 33.8 Å². The van der Waals surface area contributed by atoms with E-state index in [0.29, 0.717) is 16.2 Å². The summed E-state index contributed by atoms with van der Waals surface area (Å²) in [6.45, 7) is 0. The predicted molar refractivity (Wildman–Crippen MR) is 52.9 cm³/mol. The SMILES string of the molecule is O=C(Nc1ncc[nH]1)c1ccoc1Br. The first-order valence-electron chi connectivity index (χ1n) is 3.81. The van der Waals surface area contributed by atoms with Crippen LogP contribution >= 0.6 is 15.9 Å². The summed E-state index contributed by atoms with van der Waals surface area (Å²) in [6.07, 6.45) is 4.61. The predicted octanol–water partition coefficient (Wildman–Crippen LogP) is 2.02. The summed E-state index contributed by atoms with van der Waals surface area (Å²) in [4.78, 5) is 18.2. The molecule has 1 amide bonds. The highest BCUT2D eigenvalue weighted by molar-refractivity contribution is 9.10. The highest BCUT2D eigenvalue weighted by atomic mass is 79.9. The normalized spacial score (nSPS) is 10.1. The number of carbonyl (C=O) groups excluding carboxylic acids is 1. The number of hydrogen-bond acceptors (Lipinski definition) is 3. The minimum absolute atomic E-state index is 0.277. The molecule has 5 nitrogen and oxygen atoms in total. The fourth-order valence-electron chi connectivity index (χ4n) is 0.964. The van der Waals surface area contributed by atoms with Crippen molar-refractivity contribution in [2.45, 2.75) is 0 Å². The summed E-state index contributed by atoms with van der Waals surface area (Å²) in [5.41, 5.74) is 0.432. The van der Waals surface area contributed by atoms with Gasteiger partial charge in [-0.3, -0.25) is 10.1 Å². The van der Waals surface area contributed by atoms with Crippen LogP contribution in [0.4, 0.5) is 5.95 Å². The lowest BCUT2D eigenvalue weighted by Crippen LogP contribution is -2.12. The van der Waals surface area contributed by atoms with Gasteiger partial charge in [-0.1, -0.05) is 0 Å². The van der Waals surface area contributed by atoms with Crippen LogP contribution in [-0.2, 0) is 0 Å². The molecule has 14 heavy (non-hydrogen) atoms. The third kappa shape index (κ3) is 1.69. The lowest BCUT2D eigenvalue weighted by atomic mass is 10.3. The first kappa shape index (κ1) is 9.01. The molecule has 6 heteroatoms. The van der Waals surface area contributed by atoms with Crippen LogP contribution in [0.1, 0.15) is 10.4 Å². The van der Waals surface area contributed by atoms with Crippen molar-refractivity contribution in [3.05, 3.63) is 35.0 Å². The van der Waals surface area contributed by atoms with Crippen molar-refractivity contribution < 1.29 is 9.21 Å². The van der Waals surface area contributed by atoms with Gasteiger partial charge in [-0.05, 0) is 22.0 Å². The Hall–Kier alpha value is -1.56. The number of amides is 1. The van der Waals surface area contributed by atoms with Gasteiger partial charge in [0.05, 0.1) is 11.8 Å². The zero-order chi connectivity index (χ0) is 9.97. The summed E-state index contributed by atoms with van der Waals surface area (Å²) < 4.78 is 5.33. The van der Waals surface area contributed by atoms with Gasteiger partial charge < -0.3 is 9.40 Å². The first-order chi connectivity index (χ1) is 6.77. The van der Waals surface area contributed by atoms with Crippen molar-refractivity contribution in [3.63, 3.8) is 0 Å². The zero-order valence-electron chi connectivity index (χ0n) is 6.95. The zero-order valence-corrected chi connectivity index (χ0v) is 8.54. The highest BCUT2D eigenvalue weighted by Gasteiger charge is 2.13. The van der Waals surface area contributed by atoms with Crippen molar-refractivity contribution >= 4 is 27.8 Å². The van der Waals surface area contributed by atoms with Crippen molar-refractivity contribution in [2.24, 2.45) is 0 Å². The average Bonchev–Trinajstić information content (AvgIpc) is 2.75. The summed E-state index contributed by atoms with van der Waals surface area (Å²) in [7, 11) is 0. The number of nitrogens with zero attached hydrogens (tertiary/aromatic N) is 1. The molecule has 2 heterocycles. The van der Waals surface area contributed by atoms with Gasteiger partial charge in [-0.25, -0.2) is 4.98 Å². The molecule has 0 aliphatic heterocycles.